The van der Waals surface area contributed by atoms with E-state index in [-0.39, 0.29) is 4.90 Å². The molecule has 106 valence electrons. The van der Waals surface area contributed by atoms with Crippen molar-refractivity contribution in [2.75, 3.05) is 0 Å². The van der Waals surface area contributed by atoms with Crippen molar-refractivity contribution in [3.8, 4) is 5.75 Å². The van der Waals surface area contributed by atoms with Gasteiger partial charge in [-0.05, 0) is 41.5 Å². The lowest BCUT2D eigenvalue weighted by Crippen LogP contribution is -2.10. The zero-order valence-corrected chi connectivity index (χ0v) is 12.3. The lowest BCUT2D eigenvalue weighted by atomic mass is 10.1. The molecular formula is C17H14O3S. The second kappa shape index (κ2) is 5.22. The number of hydrogen-bond donors (Lipinski definition) is 0. The molecule has 0 spiro atoms. The molecule has 4 heteroatoms. The van der Waals surface area contributed by atoms with Crippen LogP contribution in [0.3, 0.4) is 0 Å². The molecule has 0 aliphatic heterocycles. The summed E-state index contributed by atoms with van der Waals surface area (Å²) in [7, 11) is -3.83. The van der Waals surface area contributed by atoms with Crippen LogP contribution in [0.4, 0.5) is 0 Å². The molecule has 0 unspecified atom stereocenters. The highest BCUT2D eigenvalue weighted by Crippen LogP contribution is 2.24. The van der Waals surface area contributed by atoms with Gasteiger partial charge in [0.2, 0.25) is 0 Å². The van der Waals surface area contributed by atoms with Gasteiger partial charge in [-0.1, -0.05) is 48.5 Å². The molecular weight excluding hydrogens is 284 g/mol. The van der Waals surface area contributed by atoms with Gasteiger partial charge in [-0.15, -0.1) is 0 Å². The summed E-state index contributed by atoms with van der Waals surface area (Å²) in [6.45, 7) is 1.81. The SMILES string of the molecule is Cc1ccccc1OS(=O)(=O)c1ccc2ccccc2c1. The van der Waals surface area contributed by atoms with E-state index in [9.17, 15) is 8.42 Å². The molecule has 0 aliphatic rings. The highest BCUT2D eigenvalue weighted by molar-refractivity contribution is 7.87. The fourth-order valence-electron chi connectivity index (χ4n) is 2.14. The van der Waals surface area contributed by atoms with E-state index in [1.807, 2.05) is 43.3 Å². The van der Waals surface area contributed by atoms with Crippen LogP contribution in [0.1, 0.15) is 5.56 Å². The maximum atomic E-state index is 12.4. The highest BCUT2D eigenvalue weighted by Gasteiger charge is 2.17. The third-order valence-electron chi connectivity index (χ3n) is 3.30. The predicted molar refractivity (Wildman–Crippen MR) is 82.9 cm³/mol. The van der Waals surface area contributed by atoms with E-state index >= 15 is 0 Å². The Morgan fingerprint density at radius 1 is 0.810 bits per heavy atom. The van der Waals surface area contributed by atoms with Gasteiger partial charge >= 0.3 is 10.1 Å². The summed E-state index contributed by atoms with van der Waals surface area (Å²) in [6.07, 6.45) is 0. The molecule has 0 fully saturated rings. The predicted octanol–water partition coefficient (Wildman–Crippen LogP) is 3.92. The van der Waals surface area contributed by atoms with E-state index in [4.69, 9.17) is 4.18 Å². The molecule has 3 aromatic carbocycles. The molecule has 3 aromatic rings. The summed E-state index contributed by atoms with van der Waals surface area (Å²) in [4.78, 5) is 0.157. The van der Waals surface area contributed by atoms with Crippen LogP contribution >= 0.6 is 0 Å². The van der Waals surface area contributed by atoms with Gasteiger partial charge in [0.25, 0.3) is 0 Å². The monoisotopic (exact) mass is 298 g/mol. The first-order chi connectivity index (χ1) is 10.1. The van der Waals surface area contributed by atoms with Crippen LogP contribution < -0.4 is 4.18 Å². The molecule has 0 heterocycles. The van der Waals surface area contributed by atoms with Crippen molar-refractivity contribution in [1.82, 2.24) is 0 Å². The summed E-state index contributed by atoms with van der Waals surface area (Å²) in [5, 5.41) is 1.86. The summed E-state index contributed by atoms with van der Waals surface area (Å²) < 4.78 is 30.0. The van der Waals surface area contributed by atoms with Gasteiger partial charge in [-0.3, -0.25) is 0 Å². The molecule has 0 atom stereocenters. The number of rotatable bonds is 3. The second-order valence-corrected chi connectivity index (χ2v) is 6.36. The van der Waals surface area contributed by atoms with Crippen LogP contribution in [0.5, 0.6) is 5.75 Å². The van der Waals surface area contributed by atoms with Crippen LogP contribution in [-0.4, -0.2) is 8.42 Å². The molecule has 3 rings (SSSR count). The van der Waals surface area contributed by atoms with E-state index in [0.29, 0.717) is 5.75 Å². The fraction of sp³-hybridized carbons (Fsp3) is 0.0588. The second-order valence-electron chi connectivity index (χ2n) is 4.81. The van der Waals surface area contributed by atoms with E-state index in [1.165, 1.54) is 0 Å². The standard InChI is InChI=1S/C17H14O3S/c1-13-6-2-5-9-17(13)20-21(18,19)16-11-10-14-7-3-4-8-15(14)12-16/h2-12H,1H3. The van der Waals surface area contributed by atoms with E-state index in [0.717, 1.165) is 16.3 Å². The first-order valence-corrected chi connectivity index (χ1v) is 7.96. The quantitative estimate of drug-likeness (QED) is 0.688. The molecule has 0 amide bonds. The molecule has 0 radical (unpaired) electrons. The van der Waals surface area contributed by atoms with Crippen molar-refractivity contribution in [2.45, 2.75) is 11.8 Å². The van der Waals surface area contributed by atoms with Gasteiger partial charge in [0.1, 0.15) is 10.6 Å². The maximum absolute atomic E-state index is 12.4. The third kappa shape index (κ3) is 2.76. The van der Waals surface area contributed by atoms with E-state index in [2.05, 4.69) is 0 Å². The van der Waals surface area contributed by atoms with Crippen molar-refractivity contribution in [3.63, 3.8) is 0 Å². The van der Waals surface area contributed by atoms with Crippen molar-refractivity contribution >= 4 is 20.9 Å². The average molecular weight is 298 g/mol. The third-order valence-corrected chi connectivity index (χ3v) is 4.53. The lowest BCUT2D eigenvalue weighted by Gasteiger charge is -2.09. The van der Waals surface area contributed by atoms with E-state index in [1.54, 1.807) is 30.3 Å². The number of benzene rings is 3. The normalized spacial score (nSPS) is 11.5. The Labute approximate surface area is 123 Å². The summed E-state index contributed by atoms with van der Waals surface area (Å²) in [5.74, 6) is 0.352. The average Bonchev–Trinajstić information content (AvgIpc) is 2.49. The minimum absolute atomic E-state index is 0.157. The van der Waals surface area contributed by atoms with Gasteiger partial charge in [0, 0.05) is 0 Å². The number of para-hydroxylation sites is 1. The molecule has 0 N–H and O–H groups in total. The number of hydrogen-bond acceptors (Lipinski definition) is 3. The Morgan fingerprint density at radius 3 is 2.24 bits per heavy atom. The van der Waals surface area contributed by atoms with Crippen molar-refractivity contribution in [2.24, 2.45) is 0 Å². The van der Waals surface area contributed by atoms with Gasteiger partial charge in [0.15, 0.2) is 0 Å². The number of aryl methyl sites for hydroxylation is 1. The van der Waals surface area contributed by atoms with Crippen LogP contribution in [-0.2, 0) is 10.1 Å². The molecule has 0 saturated heterocycles. The van der Waals surface area contributed by atoms with Crippen LogP contribution in [0, 0.1) is 6.92 Å². The van der Waals surface area contributed by atoms with Gasteiger partial charge < -0.3 is 4.18 Å². The summed E-state index contributed by atoms with van der Waals surface area (Å²) in [5.41, 5.74) is 0.780. The van der Waals surface area contributed by atoms with Crippen molar-refractivity contribution in [1.29, 1.82) is 0 Å². The van der Waals surface area contributed by atoms with Gasteiger partial charge in [-0.2, -0.15) is 8.42 Å². The summed E-state index contributed by atoms with van der Waals surface area (Å²) >= 11 is 0. The Bertz CT molecular complexity index is 899. The Balaban J connectivity index is 2.02. The zero-order valence-electron chi connectivity index (χ0n) is 11.5. The first kappa shape index (κ1) is 13.6. The van der Waals surface area contributed by atoms with E-state index < -0.39 is 10.1 Å². The molecule has 3 nitrogen and oxygen atoms in total. The van der Waals surface area contributed by atoms with Crippen LogP contribution in [0.2, 0.25) is 0 Å². The zero-order chi connectivity index (χ0) is 14.9. The maximum Gasteiger partial charge on any atom is 0.339 e. The minimum atomic E-state index is -3.83. The molecule has 0 aromatic heterocycles. The number of fused-ring (bicyclic) bond motifs is 1. The Kier molecular flexibility index (Phi) is 3.39. The lowest BCUT2D eigenvalue weighted by molar-refractivity contribution is 0.484. The largest absolute Gasteiger partial charge is 0.379 e. The Hall–Kier alpha value is -2.33. The summed E-state index contributed by atoms with van der Waals surface area (Å²) in [6, 6.07) is 19.6. The molecule has 0 saturated carbocycles. The molecule has 21 heavy (non-hydrogen) atoms. The van der Waals surface area contributed by atoms with Crippen molar-refractivity contribution in [3.05, 3.63) is 72.3 Å². The van der Waals surface area contributed by atoms with Crippen LogP contribution in [0.25, 0.3) is 10.8 Å². The van der Waals surface area contributed by atoms with Crippen LogP contribution in [0.15, 0.2) is 71.6 Å². The minimum Gasteiger partial charge on any atom is -0.379 e. The first-order valence-electron chi connectivity index (χ1n) is 6.55. The highest BCUT2D eigenvalue weighted by atomic mass is 32.2. The van der Waals surface area contributed by atoms with Crippen molar-refractivity contribution < 1.29 is 12.6 Å². The van der Waals surface area contributed by atoms with Gasteiger partial charge in [-0.25, -0.2) is 0 Å². The smallest absolute Gasteiger partial charge is 0.339 e. The molecule has 0 aliphatic carbocycles. The molecule has 0 bridgehead atoms. The van der Waals surface area contributed by atoms with Gasteiger partial charge in [0.05, 0.1) is 0 Å². The Morgan fingerprint density at radius 2 is 1.48 bits per heavy atom. The fourth-order valence-corrected chi connectivity index (χ4v) is 3.16. The topological polar surface area (TPSA) is 43.4 Å².